The molecule has 1 amide bonds. The van der Waals surface area contributed by atoms with Crippen LogP contribution in [-0.4, -0.2) is 51.0 Å². The largest absolute Gasteiger partial charge is 0.454 e. The van der Waals surface area contributed by atoms with Crippen molar-refractivity contribution >= 4 is 43.8 Å². The summed E-state index contributed by atoms with van der Waals surface area (Å²) in [5.41, 5.74) is 5.51. The molecule has 0 bridgehead atoms. The predicted octanol–water partition coefficient (Wildman–Crippen LogP) is 4.63. The number of amides is 1. The molecule has 37 heavy (non-hydrogen) atoms. The van der Waals surface area contributed by atoms with E-state index < -0.39 is 0 Å². The number of carbonyl (C=O) groups is 1. The Kier molecular flexibility index (Phi) is 7.08. The molecule has 0 fully saturated rings. The van der Waals surface area contributed by atoms with Crippen LogP contribution in [0.3, 0.4) is 0 Å². The highest BCUT2D eigenvalue weighted by atomic mass is 32.1. The first kappa shape index (κ1) is 24.3. The van der Waals surface area contributed by atoms with E-state index in [0.717, 1.165) is 74.5 Å². The lowest BCUT2D eigenvalue weighted by atomic mass is 10.0. The van der Waals surface area contributed by atoms with E-state index in [9.17, 15) is 4.79 Å². The third-order valence-corrected chi connectivity index (χ3v) is 8.68. The molecule has 8 nitrogen and oxygen atoms in total. The first-order valence-electron chi connectivity index (χ1n) is 12.4. The number of benzene rings is 2. The molecule has 2 aliphatic rings. The average molecular weight is 537 g/mol. The number of ether oxygens (including phenoxy) is 3. The topological polar surface area (TPSA) is 93.7 Å². The molecule has 2 aliphatic heterocycles. The number of rotatable bonds is 9. The zero-order valence-corrected chi connectivity index (χ0v) is 22.2. The van der Waals surface area contributed by atoms with Crippen molar-refractivity contribution in [2.24, 2.45) is 0 Å². The molecular formula is C27H28N4O4S2. The van der Waals surface area contributed by atoms with E-state index in [-0.39, 0.29) is 12.7 Å². The zero-order valence-electron chi connectivity index (χ0n) is 20.5. The van der Waals surface area contributed by atoms with Crippen molar-refractivity contribution in [3.8, 4) is 33.2 Å². The summed E-state index contributed by atoms with van der Waals surface area (Å²) in [6, 6.07) is 12.4. The van der Waals surface area contributed by atoms with Gasteiger partial charge in [0, 0.05) is 43.6 Å². The molecule has 4 heterocycles. The number of nitrogens with zero attached hydrogens (tertiary/aromatic N) is 1. The highest BCUT2D eigenvalue weighted by molar-refractivity contribution is 7.23. The van der Waals surface area contributed by atoms with Crippen LogP contribution in [0.1, 0.15) is 16.9 Å². The van der Waals surface area contributed by atoms with Crippen LogP contribution in [-0.2, 0) is 22.5 Å². The monoisotopic (exact) mass is 536 g/mol. The van der Waals surface area contributed by atoms with Gasteiger partial charge in [0.1, 0.15) is 10.0 Å². The van der Waals surface area contributed by atoms with E-state index >= 15 is 0 Å². The summed E-state index contributed by atoms with van der Waals surface area (Å²) in [6.07, 6.45) is 1.33. The van der Waals surface area contributed by atoms with Crippen LogP contribution in [0.4, 0.5) is 5.00 Å². The Balaban J connectivity index is 1.28. The minimum atomic E-state index is 0.00364. The lowest BCUT2D eigenvalue weighted by molar-refractivity contribution is -0.116. The van der Waals surface area contributed by atoms with Gasteiger partial charge in [0.15, 0.2) is 11.5 Å². The van der Waals surface area contributed by atoms with Crippen LogP contribution in [0.2, 0.25) is 0 Å². The summed E-state index contributed by atoms with van der Waals surface area (Å²) in [5.74, 6) is 1.56. The molecule has 192 valence electrons. The number of hydrogen-bond donors (Lipinski definition) is 3. The minimum Gasteiger partial charge on any atom is -0.454 e. The highest BCUT2D eigenvalue weighted by Crippen LogP contribution is 2.45. The third-order valence-electron chi connectivity index (χ3n) is 6.50. The Labute approximate surface area is 223 Å². The first-order chi connectivity index (χ1) is 18.2. The van der Waals surface area contributed by atoms with Crippen LogP contribution in [0.5, 0.6) is 11.5 Å². The second-order valence-electron chi connectivity index (χ2n) is 8.95. The van der Waals surface area contributed by atoms with Gasteiger partial charge >= 0.3 is 0 Å². The van der Waals surface area contributed by atoms with E-state index in [1.165, 1.54) is 10.4 Å². The second kappa shape index (κ2) is 10.8. The van der Waals surface area contributed by atoms with Crippen molar-refractivity contribution in [3.63, 3.8) is 0 Å². The second-order valence-corrected chi connectivity index (χ2v) is 11.1. The maximum atomic E-state index is 12.8. The Morgan fingerprint density at radius 2 is 1.97 bits per heavy atom. The molecule has 10 heteroatoms. The third kappa shape index (κ3) is 5.07. The molecule has 4 aromatic rings. The van der Waals surface area contributed by atoms with Crippen molar-refractivity contribution in [1.29, 1.82) is 0 Å². The van der Waals surface area contributed by atoms with Crippen molar-refractivity contribution < 1.29 is 19.0 Å². The van der Waals surface area contributed by atoms with Crippen LogP contribution < -0.4 is 25.4 Å². The molecule has 0 radical (unpaired) electrons. The number of thiazole rings is 1. The molecule has 0 spiro atoms. The zero-order chi connectivity index (χ0) is 25.2. The van der Waals surface area contributed by atoms with Crippen molar-refractivity contribution in [2.45, 2.75) is 19.4 Å². The van der Waals surface area contributed by atoms with Gasteiger partial charge < -0.3 is 30.2 Å². The molecule has 0 unspecified atom stereocenters. The number of anilines is 1. The van der Waals surface area contributed by atoms with Crippen LogP contribution >= 0.6 is 22.7 Å². The van der Waals surface area contributed by atoms with Crippen molar-refractivity contribution in [2.75, 3.05) is 45.5 Å². The van der Waals surface area contributed by atoms with Gasteiger partial charge in [-0.3, -0.25) is 4.79 Å². The summed E-state index contributed by atoms with van der Waals surface area (Å²) in [4.78, 5) is 19.0. The van der Waals surface area contributed by atoms with E-state index in [1.807, 2.05) is 12.1 Å². The number of fused-ring (bicyclic) bond motifs is 3. The molecule has 3 N–H and O–H groups in total. The van der Waals surface area contributed by atoms with Crippen LogP contribution in [0.15, 0.2) is 36.4 Å². The fourth-order valence-corrected chi connectivity index (χ4v) is 7.01. The lowest BCUT2D eigenvalue weighted by Gasteiger charge is -2.13. The molecule has 2 aromatic carbocycles. The van der Waals surface area contributed by atoms with Gasteiger partial charge in [-0.05, 0) is 53.9 Å². The van der Waals surface area contributed by atoms with Crippen molar-refractivity contribution in [1.82, 2.24) is 15.6 Å². The summed E-state index contributed by atoms with van der Waals surface area (Å²) in [7, 11) is 1.67. The van der Waals surface area contributed by atoms with Gasteiger partial charge in [0.25, 0.3) is 0 Å². The number of thiophene rings is 1. The minimum absolute atomic E-state index is 0.00364. The lowest BCUT2D eigenvalue weighted by Crippen LogP contribution is -2.24. The van der Waals surface area contributed by atoms with E-state index in [1.54, 1.807) is 29.8 Å². The van der Waals surface area contributed by atoms with Gasteiger partial charge in [-0.25, -0.2) is 4.98 Å². The van der Waals surface area contributed by atoms with E-state index in [2.05, 4.69) is 40.2 Å². The Bertz CT molecular complexity index is 1450. The number of hydrogen-bond acceptors (Lipinski definition) is 9. The quantitative estimate of drug-likeness (QED) is 0.269. The van der Waals surface area contributed by atoms with Gasteiger partial charge in [0.05, 0.1) is 16.8 Å². The van der Waals surface area contributed by atoms with Crippen LogP contribution in [0, 0.1) is 0 Å². The summed E-state index contributed by atoms with van der Waals surface area (Å²) in [5, 5.41) is 11.7. The smallest absolute Gasteiger partial charge is 0.231 e. The number of carbonyl (C=O) groups excluding carboxylic acids is 1. The first-order valence-corrected chi connectivity index (χ1v) is 14.0. The van der Waals surface area contributed by atoms with E-state index in [4.69, 9.17) is 19.2 Å². The molecular weight excluding hydrogens is 508 g/mol. The Hall–Kier alpha value is -3.02. The summed E-state index contributed by atoms with van der Waals surface area (Å²) in [6.45, 7) is 3.98. The van der Waals surface area contributed by atoms with Crippen molar-refractivity contribution in [3.05, 3.63) is 46.8 Å². The number of aromatic nitrogens is 1. The summed E-state index contributed by atoms with van der Waals surface area (Å²) >= 11 is 3.33. The normalized spacial score (nSPS) is 14.2. The van der Waals surface area contributed by atoms with Gasteiger partial charge in [-0.15, -0.1) is 22.7 Å². The molecule has 0 aliphatic carbocycles. The van der Waals surface area contributed by atoms with Crippen LogP contribution in [0.25, 0.3) is 31.9 Å². The van der Waals surface area contributed by atoms with E-state index in [0.29, 0.717) is 19.6 Å². The Morgan fingerprint density at radius 1 is 1.11 bits per heavy atom. The van der Waals surface area contributed by atoms with Gasteiger partial charge in [0.2, 0.25) is 12.7 Å². The molecule has 0 saturated carbocycles. The Morgan fingerprint density at radius 3 is 2.89 bits per heavy atom. The fourth-order valence-electron chi connectivity index (χ4n) is 4.63. The maximum Gasteiger partial charge on any atom is 0.231 e. The number of methoxy groups -OCH3 is 1. The molecule has 6 rings (SSSR count). The number of nitrogens with one attached hydrogen (secondary N) is 3. The molecule has 2 aromatic heterocycles. The SMILES string of the molecule is COCCNCCC(=O)Nc1sc2c(c1-c1nc3ccc(-c4ccc5c(c4)OCO5)cc3s1)CCNC2. The maximum absolute atomic E-state index is 12.8. The fraction of sp³-hybridized carbons (Fsp3) is 0.333. The molecule has 0 atom stereocenters. The van der Waals surface area contributed by atoms with Gasteiger partial charge in [-0.2, -0.15) is 0 Å². The molecule has 0 saturated heterocycles. The average Bonchev–Trinajstić information content (AvgIpc) is 3.63. The highest BCUT2D eigenvalue weighted by Gasteiger charge is 2.25. The van der Waals surface area contributed by atoms with Gasteiger partial charge in [-0.1, -0.05) is 12.1 Å². The standard InChI is InChI=1S/C27H28N4O4S2/c1-33-11-10-28-9-7-24(32)31-27-25(18-6-8-29-14-23(18)37-27)26-30-19-4-2-17(13-22(19)36-26)16-3-5-20-21(12-16)35-15-34-20/h2-5,12-13,28-29H,6-11,14-15H2,1H3,(H,31,32). The summed E-state index contributed by atoms with van der Waals surface area (Å²) < 4.78 is 17.2. The predicted molar refractivity (Wildman–Crippen MR) is 148 cm³/mol.